The highest BCUT2D eigenvalue weighted by Crippen LogP contribution is 2.25. The van der Waals surface area contributed by atoms with E-state index >= 15 is 0 Å². The number of nitrogens with zero attached hydrogens (tertiary/aromatic N) is 4. The third-order valence-electron chi connectivity index (χ3n) is 3.50. The van der Waals surface area contributed by atoms with Crippen LogP contribution in [0.15, 0.2) is 48.6 Å². The van der Waals surface area contributed by atoms with Crippen LogP contribution in [-0.4, -0.2) is 56.2 Å². The first-order valence-electron chi connectivity index (χ1n) is 7.63. The summed E-state index contributed by atoms with van der Waals surface area (Å²) in [7, 11) is 8.38. The number of likely N-dealkylation sites (N-methyl/N-ethyl adjacent to an activating group) is 1. The molecular formula is C18H22N4O3. The summed E-state index contributed by atoms with van der Waals surface area (Å²) in [4.78, 5) is 24.1. The Kier molecular flexibility index (Phi) is 5.94. The number of carbonyl (C=O) groups excluding carboxylic acids is 1. The molecule has 0 radical (unpaired) electrons. The van der Waals surface area contributed by atoms with Crippen LogP contribution in [0.1, 0.15) is 0 Å². The van der Waals surface area contributed by atoms with Crippen molar-refractivity contribution in [3.63, 3.8) is 0 Å². The van der Waals surface area contributed by atoms with Crippen molar-refractivity contribution in [3.05, 3.63) is 48.6 Å². The minimum atomic E-state index is -0.447. The topological polar surface area (TPSA) is 67.8 Å². The van der Waals surface area contributed by atoms with Gasteiger partial charge in [-0.2, -0.15) is 0 Å². The number of aromatic nitrogens is 2. The molecule has 0 N–H and O–H groups in total. The van der Waals surface area contributed by atoms with E-state index in [4.69, 9.17) is 9.47 Å². The Bertz CT molecular complexity index is 774. The summed E-state index contributed by atoms with van der Waals surface area (Å²) in [6.07, 6.45) is 3.14. The fourth-order valence-electron chi connectivity index (χ4n) is 2.22. The van der Waals surface area contributed by atoms with Crippen molar-refractivity contribution in [2.45, 2.75) is 0 Å². The summed E-state index contributed by atoms with van der Waals surface area (Å²) in [5.41, 5.74) is 1.99. The highest BCUT2D eigenvalue weighted by molar-refractivity contribution is 5.92. The van der Waals surface area contributed by atoms with Crippen LogP contribution in [0.5, 0.6) is 5.75 Å². The number of ether oxygens (including phenoxy) is 2. The van der Waals surface area contributed by atoms with Crippen molar-refractivity contribution < 1.29 is 14.3 Å². The average molecular weight is 342 g/mol. The van der Waals surface area contributed by atoms with Crippen LogP contribution in [0.25, 0.3) is 11.3 Å². The molecule has 132 valence electrons. The van der Waals surface area contributed by atoms with E-state index in [2.05, 4.69) is 9.97 Å². The molecule has 0 fully saturated rings. The number of hydrogen-bond donors (Lipinski definition) is 0. The quantitative estimate of drug-likeness (QED) is 0.588. The minimum Gasteiger partial charge on any atom is -0.497 e. The normalized spacial score (nSPS) is 11.0. The molecule has 7 heteroatoms. The van der Waals surface area contributed by atoms with Gasteiger partial charge in [0.15, 0.2) is 0 Å². The molecule has 1 aromatic heterocycles. The highest BCUT2D eigenvalue weighted by Gasteiger charge is 2.18. The molecule has 1 heterocycles. The maximum atomic E-state index is 12.1. The molecule has 0 unspecified atom stereocenters. The molecule has 0 bridgehead atoms. The molecular weight excluding hydrogens is 320 g/mol. The SMILES string of the molecule is COC(=O)C(=CN(C)C)N(C)c1cc(-c2cccc(OC)c2)ncn1. The van der Waals surface area contributed by atoms with E-state index in [-0.39, 0.29) is 0 Å². The number of rotatable bonds is 6. The average Bonchev–Trinajstić information content (AvgIpc) is 2.65. The molecule has 0 aliphatic rings. The number of hydrogen-bond acceptors (Lipinski definition) is 7. The van der Waals surface area contributed by atoms with E-state index in [1.165, 1.54) is 13.4 Å². The fraction of sp³-hybridized carbons (Fsp3) is 0.278. The number of methoxy groups -OCH3 is 2. The van der Waals surface area contributed by atoms with Gasteiger partial charge in [-0.3, -0.25) is 0 Å². The van der Waals surface area contributed by atoms with Gasteiger partial charge in [0.05, 0.1) is 19.9 Å². The van der Waals surface area contributed by atoms with Crippen molar-refractivity contribution in [2.75, 3.05) is 40.3 Å². The first kappa shape index (κ1) is 18.3. The number of benzene rings is 1. The van der Waals surface area contributed by atoms with Crippen LogP contribution in [0.2, 0.25) is 0 Å². The maximum absolute atomic E-state index is 12.1. The van der Waals surface area contributed by atoms with Gasteiger partial charge in [-0.25, -0.2) is 14.8 Å². The van der Waals surface area contributed by atoms with Gasteiger partial charge in [-0.05, 0) is 12.1 Å². The number of esters is 1. The largest absolute Gasteiger partial charge is 0.497 e. The standard InChI is InChI=1S/C18H22N4O3/c1-21(2)11-16(18(23)25-5)22(3)17-10-15(19-12-20-17)13-7-6-8-14(9-13)24-4/h6-12H,1-5H3. The van der Waals surface area contributed by atoms with Crippen molar-refractivity contribution in [1.29, 1.82) is 0 Å². The Labute approximate surface area is 147 Å². The number of anilines is 1. The van der Waals surface area contributed by atoms with Crippen LogP contribution in [0.4, 0.5) is 5.82 Å². The van der Waals surface area contributed by atoms with E-state index in [0.29, 0.717) is 11.5 Å². The zero-order valence-corrected chi connectivity index (χ0v) is 15.1. The van der Waals surface area contributed by atoms with Gasteiger partial charge in [0.25, 0.3) is 0 Å². The van der Waals surface area contributed by atoms with E-state index in [1.807, 2.05) is 38.4 Å². The third kappa shape index (κ3) is 4.47. The van der Waals surface area contributed by atoms with E-state index in [1.54, 1.807) is 36.2 Å². The lowest BCUT2D eigenvalue weighted by Crippen LogP contribution is -2.27. The lowest BCUT2D eigenvalue weighted by Gasteiger charge is -2.21. The molecule has 0 saturated carbocycles. The Balaban J connectivity index is 2.41. The highest BCUT2D eigenvalue weighted by atomic mass is 16.5. The summed E-state index contributed by atoms with van der Waals surface area (Å²) < 4.78 is 10.1. The first-order chi connectivity index (χ1) is 12.0. The summed E-state index contributed by atoms with van der Waals surface area (Å²) in [6, 6.07) is 9.40. The van der Waals surface area contributed by atoms with Crippen LogP contribution < -0.4 is 9.64 Å². The van der Waals surface area contributed by atoms with E-state index < -0.39 is 5.97 Å². The van der Waals surface area contributed by atoms with Gasteiger partial charge < -0.3 is 19.3 Å². The maximum Gasteiger partial charge on any atom is 0.356 e. The van der Waals surface area contributed by atoms with Gasteiger partial charge in [0, 0.05) is 39.0 Å². The molecule has 0 aliphatic heterocycles. The molecule has 2 rings (SSSR count). The molecule has 7 nitrogen and oxygen atoms in total. The Hall–Kier alpha value is -3.09. The molecule has 25 heavy (non-hydrogen) atoms. The second-order valence-electron chi connectivity index (χ2n) is 5.52. The Morgan fingerprint density at radius 2 is 1.88 bits per heavy atom. The summed E-state index contributed by atoms with van der Waals surface area (Å²) in [5.74, 6) is 0.873. The minimum absolute atomic E-state index is 0.364. The van der Waals surface area contributed by atoms with Crippen LogP contribution >= 0.6 is 0 Å². The molecule has 2 aromatic rings. The van der Waals surface area contributed by atoms with Crippen LogP contribution in [0.3, 0.4) is 0 Å². The fourth-order valence-corrected chi connectivity index (χ4v) is 2.22. The zero-order chi connectivity index (χ0) is 18.4. The molecule has 0 saturated heterocycles. The third-order valence-corrected chi connectivity index (χ3v) is 3.50. The monoisotopic (exact) mass is 342 g/mol. The second-order valence-corrected chi connectivity index (χ2v) is 5.52. The van der Waals surface area contributed by atoms with Crippen LogP contribution in [0, 0.1) is 0 Å². The Morgan fingerprint density at radius 1 is 1.12 bits per heavy atom. The van der Waals surface area contributed by atoms with Gasteiger partial charge >= 0.3 is 5.97 Å². The van der Waals surface area contributed by atoms with Crippen molar-refractivity contribution >= 4 is 11.8 Å². The van der Waals surface area contributed by atoms with Gasteiger partial charge in [0.1, 0.15) is 23.6 Å². The molecule has 0 aliphatic carbocycles. The van der Waals surface area contributed by atoms with Crippen molar-refractivity contribution in [3.8, 4) is 17.0 Å². The predicted octanol–water partition coefficient (Wildman–Crippen LogP) is 2.16. The van der Waals surface area contributed by atoms with Crippen molar-refractivity contribution in [2.24, 2.45) is 0 Å². The van der Waals surface area contributed by atoms with Crippen molar-refractivity contribution in [1.82, 2.24) is 14.9 Å². The zero-order valence-electron chi connectivity index (χ0n) is 15.1. The number of carbonyl (C=O) groups is 1. The predicted molar refractivity (Wildman–Crippen MR) is 96.2 cm³/mol. The molecule has 1 aromatic carbocycles. The van der Waals surface area contributed by atoms with Crippen LogP contribution in [-0.2, 0) is 9.53 Å². The van der Waals surface area contributed by atoms with E-state index in [0.717, 1.165) is 17.0 Å². The molecule has 0 atom stereocenters. The van der Waals surface area contributed by atoms with Gasteiger partial charge in [-0.15, -0.1) is 0 Å². The van der Waals surface area contributed by atoms with Gasteiger partial charge in [-0.1, -0.05) is 12.1 Å². The summed E-state index contributed by atoms with van der Waals surface area (Å²) in [5, 5.41) is 0. The summed E-state index contributed by atoms with van der Waals surface area (Å²) in [6.45, 7) is 0. The Morgan fingerprint density at radius 3 is 2.52 bits per heavy atom. The lowest BCUT2D eigenvalue weighted by atomic mass is 10.1. The summed E-state index contributed by atoms with van der Waals surface area (Å²) >= 11 is 0. The lowest BCUT2D eigenvalue weighted by molar-refractivity contribution is -0.136. The first-order valence-corrected chi connectivity index (χ1v) is 7.63. The van der Waals surface area contributed by atoms with E-state index in [9.17, 15) is 4.79 Å². The smallest absolute Gasteiger partial charge is 0.356 e. The molecule has 0 amide bonds. The molecule has 0 spiro atoms. The second kappa shape index (κ2) is 8.14. The van der Waals surface area contributed by atoms with Gasteiger partial charge in [0.2, 0.25) is 0 Å².